The number of rotatable bonds is 3. The predicted molar refractivity (Wildman–Crippen MR) is 281 cm³/mol. The van der Waals surface area contributed by atoms with Crippen molar-refractivity contribution in [3.63, 3.8) is 0 Å². The highest BCUT2D eigenvalue weighted by Gasteiger charge is 2.53. The van der Waals surface area contributed by atoms with E-state index in [4.69, 9.17) is 11.0 Å². The quantitative estimate of drug-likeness (QED) is 0.165. The molecule has 4 nitrogen and oxygen atoms in total. The van der Waals surface area contributed by atoms with E-state index in [1.54, 1.807) is 0 Å². The summed E-state index contributed by atoms with van der Waals surface area (Å²) in [6.45, 7) is 28.8. The van der Waals surface area contributed by atoms with Gasteiger partial charge in [0.1, 0.15) is 11.2 Å². The van der Waals surface area contributed by atoms with Crippen molar-refractivity contribution in [1.29, 1.82) is 0 Å². The minimum absolute atomic E-state index is 0.0335. The number of para-hydroxylation sites is 2. The SMILES string of the molecule is C=C1c2ccc3oc4ccccc4c3c2SCB2c3cc4c(cc3N(c3ccc(C(C)(C)C)cc3)c3cccc(c32)N1C1=CC=C(C(C)(C)C)CC1)N(c1ccccc1)C(C)(C)C4(C)C. The molecule has 6 heteroatoms. The van der Waals surface area contributed by atoms with Crippen LogP contribution in [0.3, 0.4) is 0 Å². The number of furan rings is 1. The second-order valence-electron chi connectivity index (χ2n) is 21.8. The summed E-state index contributed by atoms with van der Waals surface area (Å²) in [5.41, 5.74) is 20.1. The number of benzene rings is 6. The first-order valence-electron chi connectivity index (χ1n) is 23.5. The third-order valence-corrected chi connectivity index (χ3v) is 16.7. The van der Waals surface area contributed by atoms with E-state index in [0.29, 0.717) is 0 Å². The summed E-state index contributed by atoms with van der Waals surface area (Å²) in [6, 6.07) is 45.5. The van der Waals surface area contributed by atoms with Crippen LogP contribution in [0, 0.1) is 5.41 Å². The van der Waals surface area contributed by atoms with Gasteiger partial charge < -0.3 is 19.1 Å². The highest BCUT2D eigenvalue weighted by molar-refractivity contribution is 8.01. The number of anilines is 6. The van der Waals surface area contributed by atoms with Gasteiger partial charge in [-0.15, -0.1) is 11.8 Å². The molecular weight excluding hydrogens is 810 g/mol. The lowest BCUT2D eigenvalue weighted by Crippen LogP contribution is -2.53. The van der Waals surface area contributed by atoms with E-state index < -0.39 is 0 Å². The second kappa shape index (κ2) is 14.6. The Kier molecular flexibility index (Phi) is 9.38. The van der Waals surface area contributed by atoms with Crippen LogP contribution in [-0.2, 0) is 10.8 Å². The van der Waals surface area contributed by atoms with E-state index in [9.17, 15) is 0 Å². The average molecular weight is 870 g/mol. The molecule has 0 atom stereocenters. The monoisotopic (exact) mass is 869 g/mol. The van der Waals surface area contributed by atoms with Crippen LogP contribution < -0.4 is 25.6 Å². The fourth-order valence-electron chi connectivity index (χ4n) is 11.2. The Balaban J connectivity index is 1.22. The van der Waals surface area contributed by atoms with Gasteiger partial charge in [0.25, 0.3) is 0 Å². The molecule has 0 saturated heterocycles. The first-order valence-corrected chi connectivity index (χ1v) is 24.5. The minimum atomic E-state index is -0.209. The maximum Gasteiger partial charge on any atom is 0.227 e. The number of thioether (sulfide) groups is 1. The van der Waals surface area contributed by atoms with Gasteiger partial charge >= 0.3 is 0 Å². The molecule has 11 rings (SSSR count). The third kappa shape index (κ3) is 6.33. The summed E-state index contributed by atoms with van der Waals surface area (Å²) in [6.07, 6.45) is 6.71. The van der Waals surface area contributed by atoms with Crippen molar-refractivity contribution in [2.75, 3.05) is 20.4 Å². The highest BCUT2D eigenvalue weighted by atomic mass is 32.2. The topological polar surface area (TPSA) is 22.9 Å². The summed E-state index contributed by atoms with van der Waals surface area (Å²) < 4.78 is 6.59. The third-order valence-electron chi connectivity index (χ3n) is 15.5. The number of hydrogen-bond donors (Lipinski definition) is 0. The minimum Gasteiger partial charge on any atom is -0.456 e. The van der Waals surface area contributed by atoms with Crippen LogP contribution in [0.15, 0.2) is 161 Å². The predicted octanol–water partition coefficient (Wildman–Crippen LogP) is 15.3. The van der Waals surface area contributed by atoms with Gasteiger partial charge in [0.2, 0.25) is 6.71 Å². The van der Waals surface area contributed by atoms with Gasteiger partial charge in [-0.2, -0.15) is 0 Å². The van der Waals surface area contributed by atoms with Gasteiger partial charge in [0.05, 0.1) is 0 Å². The molecule has 326 valence electrons. The van der Waals surface area contributed by atoms with Crippen LogP contribution in [-0.4, -0.2) is 17.9 Å². The van der Waals surface area contributed by atoms with Gasteiger partial charge in [-0.3, -0.25) is 0 Å². The molecule has 65 heavy (non-hydrogen) atoms. The number of allylic oxidation sites excluding steroid dienone is 4. The van der Waals surface area contributed by atoms with E-state index in [1.165, 1.54) is 72.0 Å². The molecule has 0 saturated carbocycles. The van der Waals surface area contributed by atoms with Crippen LogP contribution in [0.2, 0.25) is 0 Å². The van der Waals surface area contributed by atoms with Crippen LogP contribution in [0.5, 0.6) is 0 Å². The molecule has 6 aromatic carbocycles. The summed E-state index contributed by atoms with van der Waals surface area (Å²) in [5, 5.41) is 2.32. The summed E-state index contributed by atoms with van der Waals surface area (Å²) in [5.74, 6) is 0. The fourth-order valence-corrected chi connectivity index (χ4v) is 12.6. The molecule has 4 heterocycles. The van der Waals surface area contributed by atoms with Gasteiger partial charge in [0, 0.05) is 77.7 Å². The fraction of sp³-hybridized carbons (Fsp3) is 0.288. The molecule has 7 aromatic rings. The van der Waals surface area contributed by atoms with Crippen LogP contribution in [0.1, 0.15) is 98.8 Å². The first-order chi connectivity index (χ1) is 30.9. The van der Waals surface area contributed by atoms with Crippen LogP contribution >= 0.6 is 11.8 Å². The maximum absolute atomic E-state index is 6.59. The summed E-state index contributed by atoms with van der Waals surface area (Å²) in [7, 11) is 0. The van der Waals surface area contributed by atoms with Gasteiger partial charge in [0.15, 0.2) is 0 Å². The Bertz CT molecular complexity index is 3160. The second-order valence-corrected chi connectivity index (χ2v) is 22.8. The van der Waals surface area contributed by atoms with E-state index in [0.717, 1.165) is 52.0 Å². The van der Waals surface area contributed by atoms with Crippen LogP contribution in [0.25, 0.3) is 27.6 Å². The zero-order valence-electron chi connectivity index (χ0n) is 39.8. The molecule has 0 unspecified atom stereocenters. The Hall–Kier alpha value is -5.85. The van der Waals surface area contributed by atoms with E-state index in [-0.39, 0.29) is 28.5 Å². The molecule has 1 aliphatic carbocycles. The van der Waals surface area contributed by atoms with E-state index in [1.807, 2.05) is 11.8 Å². The van der Waals surface area contributed by atoms with Crippen molar-refractivity contribution in [3.05, 3.63) is 168 Å². The Labute approximate surface area is 390 Å². The molecular formula is C59H60BN3OS. The number of fused-ring (bicyclic) bond motifs is 8. The molecule has 1 aromatic heterocycles. The lowest BCUT2D eigenvalue weighted by atomic mass is 9.39. The maximum atomic E-state index is 6.59. The molecule has 0 amide bonds. The van der Waals surface area contributed by atoms with E-state index >= 15 is 0 Å². The molecule has 4 aliphatic rings. The lowest BCUT2D eigenvalue weighted by molar-refractivity contribution is 0.330. The molecule has 0 bridgehead atoms. The molecule has 0 spiro atoms. The Morgan fingerprint density at radius 2 is 1.35 bits per heavy atom. The average Bonchev–Trinajstić information content (AvgIpc) is 3.74. The molecule has 3 aliphatic heterocycles. The summed E-state index contributed by atoms with van der Waals surface area (Å²) in [4.78, 5) is 8.94. The molecule has 0 fully saturated rings. The first kappa shape index (κ1) is 41.8. The summed E-state index contributed by atoms with van der Waals surface area (Å²) >= 11 is 1.97. The lowest BCUT2D eigenvalue weighted by Gasteiger charge is -2.42. The standard InChI is InChI=1S/C59H60BN3OS/c1-37-43-32-33-52-53(44-20-15-16-23-51(44)64-52)55(43)65-36-60-46-34-45-49(63(42-18-13-12-14-19-42)59(10,11)58(45,8)9)35-50(46)62(41-30-26-39(27-31-41)57(5,6)7)48-22-17-21-47(54(48)60)61(37)40-28-24-38(25-29-40)56(2,3)4/h12-24,26-28,30-35H,1,25,29,36H2,2-11H3. The van der Waals surface area contributed by atoms with Gasteiger partial charge in [-0.05, 0) is 132 Å². The zero-order chi connectivity index (χ0) is 45.4. The Morgan fingerprint density at radius 3 is 2.05 bits per heavy atom. The van der Waals surface area contributed by atoms with Gasteiger partial charge in [-0.25, -0.2) is 0 Å². The van der Waals surface area contributed by atoms with Crippen molar-refractivity contribution >= 4 is 91.2 Å². The van der Waals surface area contributed by atoms with Crippen molar-refractivity contribution in [2.45, 2.75) is 103 Å². The number of hydrogen-bond acceptors (Lipinski definition) is 5. The number of nitrogens with zero attached hydrogens (tertiary/aromatic N) is 3. The Morgan fingerprint density at radius 1 is 0.646 bits per heavy atom. The van der Waals surface area contributed by atoms with Crippen LogP contribution in [0.4, 0.5) is 34.1 Å². The smallest absolute Gasteiger partial charge is 0.227 e. The van der Waals surface area contributed by atoms with Crippen molar-refractivity contribution in [2.24, 2.45) is 5.41 Å². The van der Waals surface area contributed by atoms with Crippen molar-refractivity contribution < 1.29 is 4.42 Å². The van der Waals surface area contributed by atoms with Crippen molar-refractivity contribution in [3.8, 4) is 0 Å². The molecule has 0 radical (unpaired) electrons. The zero-order valence-corrected chi connectivity index (χ0v) is 40.6. The normalized spacial score (nSPS) is 17.8. The van der Waals surface area contributed by atoms with Gasteiger partial charge in [-0.1, -0.05) is 134 Å². The molecule has 0 N–H and O–H groups in total. The van der Waals surface area contributed by atoms with E-state index in [2.05, 4.69) is 217 Å². The largest absolute Gasteiger partial charge is 0.456 e. The highest BCUT2D eigenvalue weighted by Crippen LogP contribution is 2.57. The van der Waals surface area contributed by atoms with Crippen molar-refractivity contribution in [1.82, 2.24) is 0 Å².